The molecule has 84 valence electrons. The number of hydrogen-bond donors (Lipinski definition) is 0. The van der Waals surface area contributed by atoms with Gasteiger partial charge in [-0.2, -0.15) is 0 Å². The van der Waals surface area contributed by atoms with Gasteiger partial charge in [0.05, 0.1) is 0 Å². The van der Waals surface area contributed by atoms with Crippen LogP contribution >= 0.6 is 0 Å². The maximum atomic E-state index is 2.63. The summed E-state index contributed by atoms with van der Waals surface area (Å²) >= 11 is 0. The van der Waals surface area contributed by atoms with E-state index in [1.807, 2.05) is 0 Å². The average molecular weight is 197 g/mol. The van der Waals surface area contributed by atoms with Crippen molar-refractivity contribution in [2.24, 2.45) is 11.8 Å². The van der Waals surface area contributed by atoms with Gasteiger partial charge in [-0.25, -0.2) is 0 Å². The quantitative estimate of drug-likeness (QED) is 0.651. The Kier molecular flexibility index (Phi) is 5.54. The first-order valence-electron chi connectivity index (χ1n) is 6.48. The molecule has 0 bridgehead atoms. The summed E-state index contributed by atoms with van der Waals surface area (Å²) in [5, 5.41) is 0. The van der Waals surface area contributed by atoms with E-state index in [4.69, 9.17) is 0 Å². The standard InChI is InChI=1S/C13H27N/c1-4-9-14(5-2)11-13-8-6-7-12(3)10-13/h12-13H,4-11H2,1-3H3. The first-order valence-corrected chi connectivity index (χ1v) is 6.48. The SMILES string of the molecule is CCCN(CC)CC1CCCC(C)C1. The van der Waals surface area contributed by atoms with Crippen molar-refractivity contribution in [3.05, 3.63) is 0 Å². The van der Waals surface area contributed by atoms with Crippen molar-refractivity contribution >= 4 is 0 Å². The fraction of sp³-hybridized carbons (Fsp3) is 1.00. The first-order chi connectivity index (χ1) is 6.76. The van der Waals surface area contributed by atoms with Gasteiger partial charge >= 0.3 is 0 Å². The largest absolute Gasteiger partial charge is 0.303 e. The van der Waals surface area contributed by atoms with E-state index in [1.165, 1.54) is 51.7 Å². The Morgan fingerprint density at radius 3 is 2.57 bits per heavy atom. The number of rotatable bonds is 5. The second-order valence-corrected chi connectivity index (χ2v) is 5.03. The molecule has 0 heterocycles. The van der Waals surface area contributed by atoms with Crippen molar-refractivity contribution in [3.63, 3.8) is 0 Å². The van der Waals surface area contributed by atoms with Crippen LogP contribution in [0.2, 0.25) is 0 Å². The summed E-state index contributed by atoms with van der Waals surface area (Å²) in [6.45, 7) is 10.9. The van der Waals surface area contributed by atoms with Gasteiger partial charge in [-0.05, 0) is 44.2 Å². The Hall–Kier alpha value is -0.0400. The van der Waals surface area contributed by atoms with Crippen LogP contribution in [0.5, 0.6) is 0 Å². The van der Waals surface area contributed by atoms with Crippen LogP contribution in [0.4, 0.5) is 0 Å². The van der Waals surface area contributed by atoms with Crippen LogP contribution in [0.1, 0.15) is 52.9 Å². The van der Waals surface area contributed by atoms with E-state index in [9.17, 15) is 0 Å². The molecule has 1 aliphatic rings. The minimum absolute atomic E-state index is 0.981. The maximum absolute atomic E-state index is 2.63. The summed E-state index contributed by atoms with van der Waals surface area (Å²) in [5.74, 6) is 1.97. The molecule has 0 aromatic carbocycles. The van der Waals surface area contributed by atoms with Crippen molar-refractivity contribution in [3.8, 4) is 0 Å². The molecule has 0 aromatic heterocycles. The van der Waals surface area contributed by atoms with E-state index in [1.54, 1.807) is 0 Å². The average Bonchev–Trinajstić information content (AvgIpc) is 2.17. The molecule has 1 saturated carbocycles. The maximum Gasteiger partial charge on any atom is 0.000964 e. The molecular weight excluding hydrogens is 170 g/mol. The summed E-state index contributed by atoms with van der Waals surface area (Å²) in [7, 11) is 0. The number of hydrogen-bond acceptors (Lipinski definition) is 1. The lowest BCUT2D eigenvalue weighted by molar-refractivity contribution is 0.185. The highest BCUT2D eigenvalue weighted by Gasteiger charge is 2.20. The second kappa shape index (κ2) is 6.44. The van der Waals surface area contributed by atoms with E-state index in [2.05, 4.69) is 25.7 Å². The zero-order chi connectivity index (χ0) is 10.4. The molecule has 0 aromatic rings. The van der Waals surface area contributed by atoms with E-state index < -0.39 is 0 Å². The van der Waals surface area contributed by atoms with Crippen molar-refractivity contribution in [2.45, 2.75) is 52.9 Å². The third kappa shape index (κ3) is 4.00. The highest BCUT2D eigenvalue weighted by molar-refractivity contribution is 4.73. The predicted octanol–water partition coefficient (Wildman–Crippen LogP) is 3.54. The molecule has 14 heavy (non-hydrogen) atoms. The fourth-order valence-corrected chi connectivity index (χ4v) is 2.79. The summed E-state index contributed by atoms with van der Waals surface area (Å²) in [4.78, 5) is 2.63. The van der Waals surface area contributed by atoms with Gasteiger partial charge in [-0.1, -0.05) is 33.6 Å². The van der Waals surface area contributed by atoms with E-state index in [0.29, 0.717) is 0 Å². The Labute approximate surface area is 89.9 Å². The van der Waals surface area contributed by atoms with Gasteiger partial charge in [0.25, 0.3) is 0 Å². The topological polar surface area (TPSA) is 3.24 Å². The molecule has 1 rings (SSSR count). The van der Waals surface area contributed by atoms with Crippen LogP contribution in [0.25, 0.3) is 0 Å². The zero-order valence-corrected chi connectivity index (χ0v) is 10.3. The summed E-state index contributed by atoms with van der Waals surface area (Å²) in [5.41, 5.74) is 0. The molecule has 2 unspecified atom stereocenters. The lowest BCUT2D eigenvalue weighted by atomic mass is 9.82. The molecule has 1 aliphatic carbocycles. The van der Waals surface area contributed by atoms with Gasteiger partial charge in [0, 0.05) is 6.54 Å². The van der Waals surface area contributed by atoms with Gasteiger partial charge in [0.1, 0.15) is 0 Å². The molecule has 1 nitrogen and oxygen atoms in total. The molecule has 0 aliphatic heterocycles. The monoisotopic (exact) mass is 197 g/mol. The molecule has 2 atom stereocenters. The third-order valence-electron chi connectivity index (χ3n) is 3.55. The molecule has 0 N–H and O–H groups in total. The van der Waals surface area contributed by atoms with Crippen LogP contribution in [-0.2, 0) is 0 Å². The lowest BCUT2D eigenvalue weighted by Crippen LogP contribution is -2.32. The highest BCUT2D eigenvalue weighted by atomic mass is 15.1. The van der Waals surface area contributed by atoms with Gasteiger partial charge in [-0.15, -0.1) is 0 Å². The predicted molar refractivity (Wildman–Crippen MR) is 63.5 cm³/mol. The first kappa shape index (κ1) is 12.0. The Morgan fingerprint density at radius 2 is 2.00 bits per heavy atom. The molecule has 0 amide bonds. The van der Waals surface area contributed by atoms with Crippen LogP contribution < -0.4 is 0 Å². The van der Waals surface area contributed by atoms with E-state index in [0.717, 1.165) is 11.8 Å². The van der Waals surface area contributed by atoms with Crippen molar-refractivity contribution in [2.75, 3.05) is 19.6 Å². The molecule has 0 spiro atoms. The van der Waals surface area contributed by atoms with Crippen LogP contribution in [0.15, 0.2) is 0 Å². The normalized spacial score (nSPS) is 28.3. The van der Waals surface area contributed by atoms with E-state index >= 15 is 0 Å². The lowest BCUT2D eigenvalue weighted by Gasteiger charge is -2.31. The zero-order valence-electron chi connectivity index (χ0n) is 10.3. The Bertz CT molecular complexity index is 144. The summed E-state index contributed by atoms with van der Waals surface area (Å²) in [6, 6.07) is 0. The van der Waals surface area contributed by atoms with Crippen molar-refractivity contribution in [1.29, 1.82) is 0 Å². The molecule has 1 fully saturated rings. The Balaban J connectivity index is 2.26. The van der Waals surface area contributed by atoms with Crippen LogP contribution in [0, 0.1) is 11.8 Å². The number of nitrogens with zero attached hydrogens (tertiary/aromatic N) is 1. The highest BCUT2D eigenvalue weighted by Crippen LogP contribution is 2.29. The van der Waals surface area contributed by atoms with Gasteiger partial charge in [0.2, 0.25) is 0 Å². The molecule has 1 heteroatoms. The van der Waals surface area contributed by atoms with Crippen LogP contribution in [0.3, 0.4) is 0 Å². The van der Waals surface area contributed by atoms with E-state index in [-0.39, 0.29) is 0 Å². The Morgan fingerprint density at radius 1 is 1.21 bits per heavy atom. The third-order valence-corrected chi connectivity index (χ3v) is 3.55. The second-order valence-electron chi connectivity index (χ2n) is 5.03. The van der Waals surface area contributed by atoms with Gasteiger partial charge in [-0.3, -0.25) is 0 Å². The van der Waals surface area contributed by atoms with Crippen LogP contribution in [-0.4, -0.2) is 24.5 Å². The van der Waals surface area contributed by atoms with Crippen molar-refractivity contribution < 1.29 is 0 Å². The molecule has 0 saturated heterocycles. The summed E-state index contributed by atoms with van der Waals surface area (Å²) < 4.78 is 0. The van der Waals surface area contributed by atoms with Crippen molar-refractivity contribution in [1.82, 2.24) is 4.90 Å². The fourth-order valence-electron chi connectivity index (χ4n) is 2.79. The smallest absolute Gasteiger partial charge is 0.000964 e. The minimum Gasteiger partial charge on any atom is -0.303 e. The van der Waals surface area contributed by atoms with Gasteiger partial charge in [0.15, 0.2) is 0 Å². The molecule has 0 radical (unpaired) electrons. The summed E-state index contributed by atoms with van der Waals surface area (Å²) in [6.07, 6.45) is 7.19. The minimum atomic E-state index is 0.981. The van der Waals surface area contributed by atoms with Gasteiger partial charge < -0.3 is 4.90 Å². The molecular formula is C13H27N.